The molecule has 0 bridgehead atoms. The highest BCUT2D eigenvalue weighted by molar-refractivity contribution is 5.81. The van der Waals surface area contributed by atoms with Gasteiger partial charge >= 0.3 is 0 Å². The number of hydrogen-bond acceptors (Lipinski definition) is 2. The second-order valence-corrected chi connectivity index (χ2v) is 6.04. The van der Waals surface area contributed by atoms with Crippen LogP contribution in [0.2, 0.25) is 0 Å². The molecule has 2 atom stereocenters. The van der Waals surface area contributed by atoms with Crippen LogP contribution < -0.4 is 10.6 Å². The number of benzene rings is 1. The van der Waals surface area contributed by atoms with E-state index in [9.17, 15) is 4.79 Å². The van der Waals surface area contributed by atoms with E-state index in [1.807, 2.05) is 0 Å². The summed E-state index contributed by atoms with van der Waals surface area (Å²) in [4.78, 5) is 12.0. The van der Waals surface area contributed by atoms with Crippen LogP contribution in [0.5, 0.6) is 0 Å². The lowest BCUT2D eigenvalue weighted by Crippen LogP contribution is -2.44. The van der Waals surface area contributed by atoms with Gasteiger partial charge in [0.05, 0.1) is 6.04 Å². The van der Waals surface area contributed by atoms with Gasteiger partial charge in [0.1, 0.15) is 0 Å². The first-order valence-electron chi connectivity index (χ1n) is 7.40. The molecule has 1 aromatic rings. The fourth-order valence-corrected chi connectivity index (χ4v) is 2.51. The Kier molecular flexibility index (Phi) is 6.21. The highest BCUT2D eigenvalue weighted by atomic mass is 16.2. The van der Waals surface area contributed by atoms with E-state index >= 15 is 0 Å². The van der Waals surface area contributed by atoms with Gasteiger partial charge in [-0.25, -0.2) is 0 Å². The van der Waals surface area contributed by atoms with Crippen molar-refractivity contribution < 1.29 is 4.79 Å². The average Bonchev–Trinajstić information content (AvgIpc) is 2.39. The van der Waals surface area contributed by atoms with Crippen molar-refractivity contribution in [1.29, 1.82) is 0 Å². The maximum atomic E-state index is 12.0. The van der Waals surface area contributed by atoms with E-state index in [1.54, 1.807) is 7.05 Å². The zero-order chi connectivity index (χ0) is 15.3. The van der Waals surface area contributed by atoms with Gasteiger partial charge in [0.25, 0.3) is 0 Å². The summed E-state index contributed by atoms with van der Waals surface area (Å²) in [6.07, 6.45) is 0.842. The minimum Gasteiger partial charge on any atom is -0.358 e. The summed E-state index contributed by atoms with van der Waals surface area (Å²) in [7, 11) is 1.69. The lowest BCUT2D eigenvalue weighted by molar-refractivity contribution is -0.123. The normalized spacial score (nSPS) is 14.2. The monoisotopic (exact) mass is 276 g/mol. The van der Waals surface area contributed by atoms with E-state index in [0.29, 0.717) is 5.92 Å². The van der Waals surface area contributed by atoms with Crippen LogP contribution in [0.15, 0.2) is 18.2 Å². The molecule has 0 heterocycles. The van der Waals surface area contributed by atoms with Gasteiger partial charge in [-0.05, 0) is 44.2 Å². The maximum absolute atomic E-state index is 12.0. The van der Waals surface area contributed by atoms with Crippen molar-refractivity contribution in [2.75, 3.05) is 7.05 Å². The number of hydrogen-bond donors (Lipinski definition) is 2. The maximum Gasteiger partial charge on any atom is 0.236 e. The summed E-state index contributed by atoms with van der Waals surface area (Å²) in [5.74, 6) is 0.548. The molecule has 1 aromatic carbocycles. The predicted octanol–water partition coefficient (Wildman–Crippen LogP) is 3.11. The molecule has 3 nitrogen and oxygen atoms in total. The van der Waals surface area contributed by atoms with Crippen LogP contribution in [0, 0.1) is 19.8 Å². The lowest BCUT2D eigenvalue weighted by Gasteiger charge is -2.25. The Morgan fingerprint density at radius 2 is 1.85 bits per heavy atom. The molecule has 2 unspecified atom stereocenters. The summed E-state index contributed by atoms with van der Waals surface area (Å²) in [6, 6.07) is 6.48. The number of carbonyl (C=O) groups is 1. The van der Waals surface area contributed by atoms with Crippen molar-refractivity contribution in [2.24, 2.45) is 5.92 Å². The molecular formula is C17H28N2O. The Labute approximate surface area is 123 Å². The first-order valence-corrected chi connectivity index (χ1v) is 7.40. The van der Waals surface area contributed by atoms with Crippen LogP contribution in [0.3, 0.4) is 0 Å². The van der Waals surface area contributed by atoms with Crippen LogP contribution in [-0.2, 0) is 4.79 Å². The minimum atomic E-state index is -0.144. The van der Waals surface area contributed by atoms with Crippen LogP contribution in [0.25, 0.3) is 0 Å². The summed E-state index contributed by atoms with van der Waals surface area (Å²) in [5.41, 5.74) is 3.78. The molecule has 0 radical (unpaired) electrons. The first kappa shape index (κ1) is 16.7. The van der Waals surface area contributed by atoms with Gasteiger partial charge in [-0.1, -0.05) is 37.6 Å². The SMILES string of the molecule is CNC(=O)C(CC(C)C)NC(C)c1cc(C)ccc1C. The second-order valence-electron chi connectivity index (χ2n) is 6.04. The fourth-order valence-electron chi connectivity index (χ4n) is 2.51. The molecule has 0 aliphatic carbocycles. The van der Waals surface area contributed by atoms with Gasteiger partial charge in [-0.15, -0.1) is 0 Å². The van der Waals surface area contributed by atoms with E-state index in [1.165, 1.54) is 16.7 Å². The molecule has 0 aliphatic heterocycles. The number of carbonyl (C=O) groups excluding carboxylic acids is 1. The number of likely N-dealkylation sites (N-methyl/N-ethyl adjacent to an activating group) is 1. The molecule has 20 heavy (non-hydrogen) atoms. The van der Waals surface area contributed by atoms with E-state index in [4.69, 9.17) is 0 Å². The Bertz CT molecular complexity index is 454. The molecule has 2 N–H and O–H groups in total. The molecule has 1 amide bonds. The predicted molar refractivity (Wildman–Crippen MR) is 84.8 cm³/mol. The number of aryl methyl sites for hydroxylation is 2. The third-order valence-corrected chi connectivity index (χ3v) is 3.62. The van der Waals surface area contributed by atoms with Crippen LogP contribution in [-0.4, -0.2) is 19.0 Å². The third kappa shape index (κ3) is 4.64. The molecule has 0 saturated carbocycles. The Morgan fingerprint density at radius 3 is 2.40 bits per heavy atom. The van der Waals surface area contributed by atoms with Crippen molar-refractivity contribution in [3.63, 3.8) is 0 Å². The van der Waals surface area contributed by atoms with E-state index in [-0.39, 0.29) is 18.0 Å². The molecular weight excluding hydrogens is 248 g/mol. The minimum absolute atomic E-state index is 0.0656. The standard InChI is InChI=1S/C17H28N2O/c1-11(2)9-16(17(20)18-6)19-14(5)15-10-12(3)7-8-13(15)4/h7-8,10-11,14,16,19H,9H2,1-6H3,(H,18,20). The molecule has 0 saturated heterocycles. The molecule has 0 aliphatic rings. The highest BCUT2D eigenvalue weighted by Gasteiger charge is 2.21. The van der Waals surface area contributed by atoms with Crippen molar-refractivity contribution in [3.05, 3.63) is 34.9 Å². The zero-order valence-corrected chi connectivity index (χ0v) is 13.6. The third-order valence-electron chi connectivity index (χ3n) is 3.62. The van der Waals surface area contributed by atoms with Crippen LogP contribution in [0.4, 0.5) is 0 Å². The molecule has 0 aromatic heterocycles. The van der Waals surface area contributed by atoms with Gasteiger partial charge in [0.15, 0.2) is 0 Å². The van der Waals surface area contributed by atoms with Crippen molar-refractivity contribution in [2.45, 2.75) is 53.1 Å². The second kappa shape index (κ2) is 7.44. The average molecular weight is 276 g/mol. The summed E-state index contributed by atoms with van der Waals surface area (Å²) >= 11 is 0. The molecule has 112 valence electrons. The highest BCUT2D eigenvalue weighted by Crippen LogP contribution is 2.20. The van der Waals surface area contributed by atoms with Gasteiger partial charge in [-0.3, -0.25) is 10.1 Å². The lowest BCUT2D eigenvalue weighted by atomic mass is 9.97. The van der Waals surface area contributed by atoms with Gasteiger partial charge in [-0.2, -0.15) is 0 Å². The van der Waals surface area contributed by atoms with Crippen LogP contribution in [0.1, 0.15) is 49.9 Å². The van der Waals surface area contributed by atoms with Gasteiger partial charge in [0.2, 0.25) is 5.91 Å². The Hall–Kier alpha value is -1.35. The molecule has 3 heteroatoms. The quantitative estimate of drug-likeness (QED) is 0.838. The van der Waals surface area contributed by atoms with Crippen molar-refractivity contribution >= 4 is 5.91 Å². The topological polar surface area (TPSA) is 41.1 Å². The molecule has 1 rings (SSSR count). The van der Waals surface area contributed by atoms with E-state index < -0.39 is 0 Å². The smallest absolute Gasteiger partial charge is 0.236 e. The number of nitrogens with one attached hydrogen (secondary N) is 2. The van der Waals surface area contributed by atoms with E-state index in [0.717, 1.165) is 6.42 Å². The first-order chi connectivity index (χ1) is 9.35. The largest absolute Gasteiger partial charge is 0.358 e. The fraction of sp³-hybridized carbons (Fsp3) is 0.588. The van der Waals surface area contributed by atoms with Crippen LogP contribution >= 0.6 is 0 Å². The molecule has 0 fully saturated rings. The number of amides is 1. The summed E-state index contributed by atoms with van der Waals surface area (Å²) < 4.78 is 0. The van der Waals surface area contributed by atoms with Crippen molar-refractivity contribution in [1.82, 2.24) is 10.6 Å². The molecule has 0 spiro atoms. The Balaban J connectivity index is 2.86. The van der Waals surface area contributed by atoms with Crippen molar-refractivity contribution in [3.8, 4) is 0 Å². The Morgan fingerprint density at radius 1 is 1.20 bits per heavy atom. The summed E-state index contributed by atoms with van der Waals surface area (Å²) in [5, 5.41) is 6.22. The zero-order valence-electron chi connectivity index (χ0n) is 13.6. The van der Waals surface area contributed by atoms with E-state index in [2.05, 4.69) is 63.5 Å². The van der Waals surface area contributed by atoms with Gasteiger partial charge in [0, 0.05) is 13.1 Å². The number of rotatable bonds is 6. The van der Waals surface area contributed by atoms with Gasteiger partial charge < -0.3 is 5.32 Å². The summed E-state index contributed by atoms with van der Waals surface area (Å²) in [6.45, 7) is 10.6.